The third-order valence-electron chi connectivity index (χ3n) is 2.30. The van der Waals surface area contributed by atoms with Crippen LogP contribution in [0.3, 0.4) is 0 Å². The van der Waals surface area contributed by atoms with Crippen LogP contribution < -0.4 is 5.32 Å². The third-order valence-corrected chi connectivity index (χ3v) is 2.30. The van der Waals surface area contributed by atoms with Crippen LogP contribution in [-0.4, -0.2) is 19.1 Å². The Hall–Kier alpha value is -1.29. The minimum absolute atomic E-state index is 0.222. The van der Waals surface area contributed by atoms with Crippen LogP contribution >= 0.6 is 0 Å². The molecule has 0 aliphatic rings. The van der Waals surface area contributed by atoms with Crippen molar-refractivity contribution in [3.05, 3.63) is 24.2 Å². The van der Waals surface area contributed by atoms with Gasteiger partial charge in [-0.3, -0.25) is 10.1 Å². The largest absolute Gasteiger partial charge is 0.468 e. The zero-order valence-electron chi connectivity index (χ0n) is 10.0. The molecule has 1 rings (SSSR count). The second-order valence-corrected chi connectivity index (χ2v) is 4.17. The first kappa shape index (κ1) is 12.8. The maximum absolute atomic E-state index is 11.5. The summed E-state index contributed by atoms with van der Waals surface area (Å²) < 4.78 is 9.94. The highest BCUT2D eigenvalue weighted by Gasteiger charge is 2.19. The fraction of sp³-hybridized carbons (Fsp3) is 0.583. The summed E-state index contributed by atoms with van der Waals surface area (Å²) in [5.41, 5.74) is 0. The molecule has 0 aliphatic heterocycles. The van der Waals surface area contributed by atoms with E-state index in [2.05, 4.69) is 19.2 Å². The Kier molecular flexibility index (Phi) is 5.05. The molecule has 0 aromatic carbocycles. The predicted octanol–water partition coefficient (Wildman–Crippen LogP) is 1.96. The Balaban J connectivity index is 2.46. The van der Waals surface area contributed by atoms with Gasteiger partial charge in [0, 0.05) is 0 Å². The number of rotatable bonds is 6. The van der Waals surface area contributed by atoms with E-state index < -0.39 is 0 Å². The van der Waals surface area contributed by atoms with E-state index in [4.69, 9.17) is 9.15 Å². The molecule has 4 nitrogen and oxygen atoms in total. The average Bonchev–Trinajstić information content (AvgIpc) is 2.75. The van der Waals surface area contributed by atoms with Crippen molar-refractivity contribution in [2.75, 3.05) is 7.11 Å². The van der Waals surface area contributed by atoms with Gasteiger partial charge in [0.25, 0.3) is 0 Å². The number of hydrogen-bond donors (Lipinski definition) is 1. The molecule has 0 saturated carbocycles. The van der Waals surface area contributed by atoms with Crippen molar-refractivity contribution in [3.8, 4) is 0 Å². The number of carbonyl (C=O) groups is 1. The van der Waals surface area contributed by atoms with Gasteiger partial charge in [-0.15, -0.1) is 0 Å². The Morgan fingerprint density at radius 1 is 1.56 bits per heavy atom. The first-order valence-corrected chi connectivity index (χ1v) is 5.47. The highest BCUT2D eigenvalue weighted by Crippen LogP contribution is 2.08. The molecule has 0 amide bonds. The van der Waals surface area contributed by atoms with Gasteiger partial charge >= 0.3 is 5.97 Å². The van der Waals surface area contributed by atoms with Crippen LogP contribution in [0.5, 0.6) is 0 Å². The van der Waals surface area contributed by atoms with Gasteiger partial charge in [-0.25, -0.2) is 0 Å². The van der Waals surface area contributed by atoms with Gasteiger partial charge in [0.1, 0.15) is 11.8 Å². The standard InChI is InChI=1S/C12H19NO3/c1-9(2)7-11(12(14)15-3)13-8-10-5-4-6-16-10/h4-6,9,11,13H,7-8H2,1-3H3/t11-/m1/s1. The summed E-state index contributed by atoms with van der Waals surface area (Å²) in [6.45, 7) is 4.69. The Morgan fingerprint density at radius 3 is 2.81 bits per heavy atom. The van der Waals surface area contributed by atoms with Crippen molar-refractivity contribution < 1.29 is 13.9 Å². The van der Waals surface area contributed by atoms with Gasteiger partial charge in [0.05, 0.1) is 19.9 Å². The second-order valence-electron chi connectivity index (χ2n) is 4.17. The lowest BCUT2D eigenvalue weighted by Gasteiger charge is -2.17. The molecule has 0 fully saturated rings. The Bertz CT molecular complexity index is 306. The normalized spacial score (nSPS) is 12.8. The van der Waals surface area contributed by atoms with Crippen molar-refractivity contribution in [1.82, 2.24) is 5.32 Å². The van der Waals surface area contributed by atoms with Gasteiger partial charge in [-0.2, -0.15) is 0 Å². The summed E-state index contributed by atoms with van der Waals surface area (Å²) in [6, 6.07) is 3.43. The number of ether oxygens (including phenoxy) is 1. The maximum Gasteiger partial charge on any atom is 0.322 e. The quantitative estimate of drug-likeness (QED) is 0.752. The summed E-state index contributed by atoms with van der Waals surface area (Å²) in [7, 11) is 1.41. The van der Waals surface area contributed by atoms with Crippen molar-refractivity contribution in [2.45, 2.75) is 32.9 Å². The molecule has 1 atom stereocenters. The van der Waals surface area contributed by atoms with E-state index in [9.17, 15) is 4.79 Å². The van der Waals surface area contributed by atoms with E-state index in [1.165, 1.54) is 7.11 Å². The topological polar surface area (TPSA) is 51.5 Å². The maximum atomic E-state index is 11.5. The van der Waals surface area contributed by atoms with Crippen LogP contribution in [-0.2, 0) is 16.1 Å². The van der Waals surface area contributed by atoms with Crippen LogP contribution in [0, 0.1) is 5.92 Å². The minimum atomic E-state index is -0.268. The number of esters is 1. The lowest BCUT2D eigenvalue weighted by Crippen LogP contribution is -2.38. The molecule has 0 radical (unpaired) electrons. The second kappa shape index (κ2) is 6.33. The number of hydrogen-bond acceptors (Lipinski definition) is 4. The smallest absolute Gasteiger partial charge is 0.322 e. The molecule has 4 heteroatoms. The molecule has 16 heavy (non-hydrogen) atoms. The number of furan rings is 1. The van der Waals surface area contributed by atoms with Crippen LogP contribution in [0.25, 0.3) is 0 Å². The number of nitrogens with one attached hydrogen (secondary N) is 1. The minimum Gasteiger partial charge on any atom is -0.468 e. The average molecular weight is 225 g/mol. The first-order chi connectivity index (χ1) is 7.63. The van der Waals surface area contributed by atoms with E-state index in [1.54, 1.807) is 6.26 Å². The summed E-state index contributed by atoms with van der Waals surface area (Å²) in [4.78, 5) is 11.5. The predicted molar refractivity (Wildman–Crippen MR) is 60.8 cm³/mol. The van der Waals surface area contributed by atoms with E-state index in [0.717, 1.165) is 12.2 Å². The van der Waals surface area contributed by atoms with Gasteiger partial charge in [0.2, 0.25) is 0 Å². The summed E-state index contributed by atoms with van der Waals surface area (Å²) in [5, 5.41) is 3.14. The molecule has 0 aliphatic carbocycles. The molecule has 90 valence electrons. The highest BCUT2D eigenvalue weighted by atomic mass is 16.5. The highest BCUT2D eigenvalue weighted by molar-refractivity contribution is 5.75. The molecule has 1 heterocycles. The molecule has 1 aromatic rings. The molecule has 0 spiro atoms. The summed E-state index contributed by atoms with van der Waals surface area (Å²) >= 11 is 0. The fourth-order valence-electron chi connectivity index (χ4n) is 1.51. The van der Waals surface area contributed by atoms with Crippen LogP contribution in [0.15, 0.2) is 22.8 Å². The first-order valence-electron chi connectivity index (χ1n) is 5.47. The van der Waals surface area contributed by atoms with Crippen LogP contribution in [0.1, 0.15) is 26.0 Å². The zero-order valence-corrected chi connectivity index (χ0v) is 10.0. The van der Waals surface area contributed by atoms with Gasteiger partial charge in [0.15, 0.2) is 0 Å². The number of carbonyl (C=O) groups excluding carboxylic acids is 1. The van der Waals surface area contributed by atoms with E-state index in [0.29, 0.717) is 12.5 Å². The van der Waals surface area contributed by atoms with Gasteiger partial charge in [-0.05, 0) is 24.5 Å². The van der Waals surface area contributed by atoms with Crippen molar-refractivity contribution >= 4 is 5.97 Å². The van der Waals surface area contributed by atoms with Crippen LogP contribution in [0.2, 0.25) is 0 Å². The van der Waals surface area contributed by atoms with Crippen LogP contribution in [0.4, 0.5) is 0 Å². The van der Waals surface area contributed by atoms with E-state index in [1.807, 2.05) is 12.1 Å². The Morgan fingerprint density at radius 2 is 2.31 bits per heavy atom. The third kappa shape index (κ3) is 4.06. The molecule has 0 unspecified atom stereocenters. The molecule has 0 saturated heterocycles. The van der Waals surface area contributed by atoms with Crippen molar-refractivity contribution in [2.24, 2.45) is 5.92 Å². The van der Waals surface area contributed by atoms with Crippen molar-refractivity contribution in [3.63, 3.8) is 0 Å². The van der Waals surface area contributed by atoms with E-state index in [-0.39, 0.29) is 12.0 Å². The monoisotopic (exact) mass is 225 g/mol. The fourth-order valence-corrected chi connectivity index (χ4v) is 1.51. The molecule has 0 bridgehead atoms. The SMILES string of the molecule is COC(=O)[C@@H](CC(C)C)NCc1ccco1. The molecule has 1 aromatic heterocycles. The number of methoxy groups -OCH3 is 1. The molecular formula is C12H19NO3. The molecular weight excluding hydrogens is 206 g/mol. The van der Waals surface area contributed by atoms with Crippen molar-refractivity contribution in [1.29, 1.82) is 0 Å². The summed E-state index contributed by atoms with van der Waals surface area (Å²) in [6.07, 6.45) is 2.37. The zero-order chi connectivity index (χ0) is 12.0. The van der Waals surface area contributed by atoms with Gasteiger partial charge in [-0.1, -0.05) is 13.8 Å². The molecule has 1 N–H and O–H groups in total. The van der Waals surface area contributed by atoms with Gasteiger partial charge < -0.3 is 9.15 Å². The summed E-state index contributed by atoms with van der Waals surface area (Å²) in [5.74, 6) is 1.03. The lowest BCUT2D eigenvalue weighted by atomic mass is 10.0. The Labute approximate surface area is 96.0 Å². The van der Waals surface area contributed by atoms with E-state index >= 15 is 0 Å². The lowest BCUT2D eigenvalue weighted by molar-refractivity contribution is -0.143.